The van der Waals surface area contributed by atoms with E-state index in [1.54, 1.807) is 0 Å². The first-order valence-electron chi connectivity index (χ1n) is 6.32. The van der Waals surface area contributed by atoms with Crippen molar-refractivity contribution in [3.05, 3.63) is 71.4 Å². The Kier molecular flexibility index (Phi) is 2.48. The van der Waals surface area contributed by atoms with Gasteiger partial charge in [-0.2, -0.15) is 0 Å². The molecule has 0 spiro atoms. The predicted octanol–water partition coefficient (Wildman–Crippen LogP) is 4.43. The topological polar surface area (TPSA) is 12.0 Å². The van der Waals surface area contributed by atoms with Crippen LogP contribution in [0.15, 0.2) is 60.3 Å². The van der Waals surface area contributed by atoms with Gasteiger partial charge in [0, 0.05) is 16.8 Å². The Labute approximate surface area is 108 Å². The van der Waals surface area contributed by atoms with Crippen LogP contribution in [-0.4, -0.2) is 0 Å². The van der Waals surface area contributed by atoms with Crippen LogP contribution in [0.5, 0.6) is 0 Å². The molecule has 0 aromatic heterocycles. The molecule has 0 aliphatic carbocycles. The molecule has 0 bridgehead atoms. The van der Waals surface area contributed by atoms with Crippen LogP contribution in [0.2, 0.25) is 0 Å². The molecular formula is C17H17N. The van der Waals surface area contributed by atoms with Crippen molar-refractivity contribution < 1.29 is 0 Å². The first kappa shape index (κ1) is 11.1. The zero-order chi connectivity index (χ0) is 12.6. The SMILES string of the molecule is CC1(C)/C(=C/c2ccccc2)Nc2ccccc21. The van der Waals surface area contributed by atoms with Crippen LogP contribution in [0.1, 0.15) is 25.0 Å². The van der Waals surface area contributed by atoms with E-state index in [-0.39, 0.29) is 5.41 Å². The van der Waals surface area contributed by atoms with Gasteiger partial charge >= 0.3 is 0 Å². The van der Waals surface area contributed by atoms with Gasteiger partial charge in [0.1, 0.15) is 0 Å². The molecular weight excluding hydrogens is 218 g/mol. The molecule has 0 saturated heterocycles. The Bertz CT molecular complexity index is 594. The molecule has 1 N–H and O–H groups in total. The Morgan fingerprint density at radius 3 is 2.28 bits per heavy atom. The summed E-state index contributed by atoms with van der Waals surface area (Å²) < 4.78 is 0. The highest BCUT2D eigenvalue weighted by molar-refractivity contribution is 5.73. The predicted molar refractivity (Wildman–Crippen MR) is 77.5 cm³/mol. The first-order chi connectivity index (χ1) is 8.68. The van der Waals surface area contributed by atoms with E-state index in [1.807, 2.05) is 6.07 Å². The number of rotatable bonds is 1. The molecule has 1 heteroatoms. The first-order valence-corrected chi connectivity index (χ1v) is 6.32. The van der Waals surface area contributed by atoms with E-state index in [2.05, 4.69) is 73.8 Å². The number of benzene rings is 2. The van der Waals surface area contributed by atoms with Crippen LogP contribution in [0.4, 0.5) is 5.69 Å². The highest BCUT2D eigenvalue weighted by Crippen LogP contribution is 2.43. The lowest BCUT2D eigenvalue weighted by Crippen LogP contribution is -2.16. The van der Waals surface area contributed by atoms with E-state index in [0.29, 0.717) is 0 Å². The fourth-order valence-electron chi connectivity index (χ4n) is 2.52. The summed E-state index contributed by atoms with van der Waals surface area (Å²) in [6, 6.07) is 19.0. The van der Waals surface area contributed by atoms with Crippen LogP contribution in [0, 0.1) is 0 Å². The second-order valence-corrected chi connectivity index (χ2v) is 5.26. The number of allylic oxidation sites excluding steroid dienone is 1. The van der Waals surface area contributed by atoms with Gasteiger partial charge in [-0.1, -0.05) is 62.4 Å². The van der Waals surface area contributed by atoms with E-state index in [9.17, 15) is 0 Å². The Balaban J connectivity index is 2.05. The second-order valence-electron chi connectivity index (χ2n) is 5.26. The molecule has 0 saturated carbocycles. The zero-order valence-electron chi connectivity index (χ0n) is 10.8. The summed E-state index contributed by atoms with van der Waals surface area (Å²) in [7, 11) is 0. The summed E-state index contributed by atoms with van der Waals surface area (Å²) in [4.78, 5) is 0. The van der Waals surface area contributed by atoms with Gasteiger partial charge in [0.25, 0.3) is 0 Å². The third kappa shape index (κ3) is 1.72. The van der Waals surface area contributed by atoms with E-state index in [4.69, 9.17) is 0 Å². The monoisotopic (exact) mass is 235 g/mol. The van der Waals surface area contributed by atoms with Crippen molar-refractivity contribution >= 4 is 11.8 Å². The summed E-state index contributed by atoms with van der Waals surface area (Å²) in [6.45, 7) is 4.53. The van der Waals surface area contributed by atoms with Crippen molar-refractivity contribution in [2.45, 2.75) is 19.3 Å². The molecule has 2 aromatic carbocycles. The maximum Gasteiger partial charge on any atom is 0.0424 e. The standard InChI is InChI=1S/C17H17N/c1-17(2)14-10-6-7-11-15(14)18-16(17)12-13-8-4-3-5-9-13/h3-12,18H,1-2H3/b16-12-. The molecule has 18 heavy (non-hydrogen) atoms. The summed E-state index contributed by atoms with van der Waals surface area (Å²) in [5.74, 6) is 0. The quantitative estimate of drug-likeness (QED) is 0.771. The van der Waals surface area contributed by atoms with Gasteiger partial charge in [0.2, 0.25) is 0 Å². The summed E-state index contributed by atoms with van der Waals surface area (Å²) in [5, 5.41) is 3.53. The molecule has 0 fully saturated rings. The Morgan fingerprint density at radius 1 is 0.889 bits per heavy atom. The molecule has 0 atom stereocenters. The molecule has 0 amide bonds. The van der Waals surface area contributed by atoms with E-state index >= 15 is 0 Å². The fraction of sp³-hybridized carbons (Fsp3) is 0.176. The number of hydrogen-bond acceptors (Lipinski definition) is 1. The number of para-hydroxylation sites is 1. The maximum atomic E-state index is 3.53. The average molecular weight is 235 g/mol. The van der Waals surface area contributed by atoms with Gasteiger partial charge in [-0.15, -0.1) is 0 Å². The normalized spacial score (nSPS) is 18.4. The van der Waals surface area contributed by atoms with Gasteiger partial charge < -0.3 is 5.32 Å². The molecule has 2 aromatic rings. The van der Waals surface area contributed by atoms with Crippen molar-refractivity contribution in [2.75, 3.05) is 5.32 Å². The minimum Gasteiger partial charge on any atom is -0.358 e. The summed E-state index contributed by atoms with van der Waals surface area (Å²) in [5.41, 5.74) is 5.14. The molecule has 3 rings (SSSR count). The minimum absolute atomic E-state index is 0.0481. The fourth-order valence-corrected chi connectivity index (χ4v) is 2.52. The van der Waals surface area contributed by atoms with Gasteiger partial charge in [-0.05, 0) is 23.3 Å². The minimum atomic E-state index is 0.0481. The molecule has 90 valence electrons. The lowest BCUT2D eigenvalue weighted by molar-refractivity contribution is 0.658. The van der Waals surface area contributed by atoms with Crippen LogP contribution >= 0.6 is 0 Å². The molecule has 0 radical (unpaired) electrons. The van der Waals surface area contributed by atoms with E-state index < -0.39 is 0 Å². The van der Waals surface area contributed by atoms with Gasteiger partial charge in [0.05, 0.1) is 0 Å². The van der Waals surface area contributed by atoms with Crippen LogP contribution in [0.3, 0.4) is 0 Å². The number of fused-ring (bicyclic) bond motifs is 1. The highest BCUT2D eigenvalue weighted by Gasteiger charge is 2.33. The summed E-state index contributed by atoms with van der Waals surface area (Å²) >= 11 is 0. The second kappa shape index (κ2) is 4.02. The largest absolute Gasteiger partial charge is 0.358 e. The smallest absolute Gasteiger partial charge is 0.0424 e. The molecule has 1 aliphatic heterocycles. The van der Waals surface area contributed by atoms with Gasteiger partial charge in [-0.3, -0.25) is 0 Å². The lowest BCUT2D eigenvalue weighted by atomic mass is 9.83. The number of anilines is 1. The number of hydrogen-bond donors (Lipinski definition) is 1. The molecule has 1 aliphatic rings. The highest BCUT2D eigenvalue weighted by atomic mass is 14.9. The Hall–Kier alpha value is -2.02. The maximum absolute atomic E-state index is 3.53. The zero-order valence-corrected chi connectivity index (χ0v) is 10.8. The molecule has 1 nitrogen and oxygen atoms in total. The van der Waals surface area contributed by atoms with E-state index in [1.165, 1.54) is 22.5 Å². The number of nitrogens with one attached hydrogen (secondary N) is 1. The average Bonchev–Trinajstić information content (AvgIpc) is 2.63. The molecule has 0 unspecified atom stereocenters. The van der Waals surface area contributed by atoms with Gasteiger partial charge in [0.15, 0.2) is 0 Å². The third-order valence-electron chi connectivity index (χ3n) is 3.65. The van der Waals surface area contributed by atoms with Crippen LogP contribution in [-0.2, 0) is 5.41 Å². The van der Waals surface area contributed by atoms with Crippen molar-refractivity contribution in [2.24, 2.45) is 0 Å². The van der Waals surface area contributed by atoms with E-state index in [0.717, 1.165) is 0 Å². The van der Waals surface area contributed by atoms with Crippen LogP contribution < -0.4 is 5.32 Å². The lowest BCUT2D eigenvalue weighted by Gasteiger charge is -2.20. The van der Waals surface area contributed by atoms with Crippen molar-refractivity contribution in [3.8, 4) is 0 Å². The van der Waals surface area contributed by atoms with Crippen molar-refractivity contribution in [3.63, 3.8) is 0 Å². The Morgan fingerprint density at radius 2 is 1.56 bits per heavy atom. The van der Waals surface area contributed by atoms with Crippen LogP contribution in [0.25, 0.3) is 6.08 Å². The van der Waals surface area contributed by atoms with Crippen molar-refractivity contribution in [1.82, 2.24) is 0 Å². The van der Waals surface area contributed by atoms with Gasteiger partial charge in [-0.25, -0.2) is 0 Å². The van der Waals surface area contributed by atoms with Crippen molar-refractivity contribution in [1.29, 1.82) is 0 Å². The summed E-state index contributed by atoms with van der Waals surface area (Å²) in [6.07, 6.45) is 2.24. The molecule has 1 heterocycles. The third-order valence-corrected chi connectivity index (χ3v) is 3.65.